The van der Waals surface area contributed by atoms with E-state index >= 15 is 0 Å². The van der Waals surface area contributed by atoms with Gasteiger partial charge in [0.05, 0.1) is 17.8 Å². The van der Waals surface area contributed by atoms with Crippen LogP contribution in [0.4, 0.5) is 10.1 Å². The van der Waals surface area contributed by atoms with Crippen molar-refractivity contribution >= 4 is 15.7 Å². The molecule has 0 bridgehead atoms. The summed E-state index contributed by atoms with van der Waals surface area (Å²) in [5.41, 5.74) is 4.07. The van der Waals surface area contributed by atoms with E-state index in [2.05, 4.69) is 4.72 Å². The second-order valence-electron chi connectivity index (χ2n) is 4.40. The first-order valence-corrected chi connectivity index (χ1v) is 7.49. The van der Waals surface area contributed by atoms with E-state index in [1.807, 2.05) is 0 Å². The molecule has 0 aromatic heterocycles. The van der Waals surface area contributed by atoms with Crippen molar-refractivity contribution in [1.29, 1.82) is 0 Å². The van der Waals surface area contributed by atoms with Crippen LogP contribution in [0.5, 0.6) is 0 Å². The number of nitrogens with one attached hydrogen (secondary N) is 1. The number of para-hydroxylation sites is 1. The van der Waals surface area contributed by atoms with Gasteiger partial charge in [0.25, 0.3) is 0 Å². The number of halogens is 1. The molecule has 108 valence electrons. The molecule has 1 aromatic carbocycles. The Hall–Kier alpha value is -1.18. The van der Waals surface area contributed by atoms with Crippen LogP contribution in [-0.4, -0.2) is 25.7 Å². The maximum absolute atomic E-state index is 13.3. The summed E-state index contributed by atoms with van der Waals surface area (Å²) in [6, 6.07) is 3.60. The molecule has 0 saturated carbocycles. The number of anilines is 1. The van der Waals surface area contributed by atoms with E-state index in [0.29, 0.717) is 12.8 Å². The van der Waals surface area contributed by atoms with Gasteiger partial charge in [0, 0.05) is 0 Å². The highest BCUT2D eigenvalue weighted by Crippen LogP contribution is 2.24. The lowest BCUT2D eigenvalue weighted by molar-refractivity contribution is 0.172. The molecule has 0 heterocycles. The fourth-order valence-corrected chi connectivity index (χ4v) is 3.42. The molecule has 0 fully saturated rings. The zero-order valence-electron chi connectivity index (χ0n) is 11.0. The topological polar surface area (TPSA) is 92.4 Å². The van der Waals surface area contributed by atoms with E-state index in [9.17, 15) is 17.9 Å². The second kappa shape index (κ2) is 5.85. The minimum atomic E-state index is -3.98. The summed E-state index contributed by atoms with van der Waals surface area (Å²) in [7, 11) is -3.98. The van der Waals surface area contributed by atoms with Crippen molar-refractivity contribution < 1.29 is 17.9 Å². The Bertz CT molecular complexity index is 534. The summed E-state index contributed by atoms with van der Waals surface area (Å²) in [6.45, 7) is 3.18. The highest BCUT2D eigenvalue weighted by molar-refractivity contribution is 7.89. The number of aliphatic hydroxyl groups is 1. The van der Waals surface area contributed by atoms with Gasteiger partial charge >= 0.3 is 0 Å². The Balaban J connectivity index is 3.22. The van der Waals surface area contributed by atoms with Gasteiger partial charge in [-0.15, -0.1) is 0 Å². The van der Waals surface area contributed by atoms with Gasteiger partial charge < -0.3 is 10.8 Å². The van der Waals surface area contributed by atoms with E-state index in [-0.39, 0.29) is 11.5 Å². The number of rotatable bonds is 6. The number of hydrogen-bond acceptors (Lipinski definition) is 4. The number of nitrogens with two attached hydrogens (primary N) is 1. The number of hydrogen-bond donors (Lipinski definition) is 3. The summed E-state index contributed by atoms with van der Waals surface area (Å²) in [6.07, 6.45) is 0.822. The fourth-order valence-electron chi connectivity index (χ4n) is 1.74. The number of aliphatic hydroxyl groups excluding tert-OH is 1. The summed E-state index contributed by atoms with van der Waals surface area (Å²) in [4.78, 5) is -0.313. The van der Waals surface area contributed by atoms with Crippen molar-refractivity contribution in [3.63, 3.8) is 0 Å². The summed E-state index contributed by atoms with van der Waals surface area (Å²) in [5.74, 6) is -0.787. The Morgan fingerprint density at radius 1 is 1.37 bits per heavy atom. The van der Waals surface area contributed by atoms with Gasteiger partial charge in [-0.25, -0.2) is 17.5 Å². The van der Waals surface area contributed by atoms with Gasteiger partial charge in [0.2, 0.25) is 10.0 Å². The molecule has 5 nitrogen and oxygen atoms in total. The molecule has 0 radical (unpaired) electrons. The van der Waals surface area contributed by atoms with E-state index in [1.54, 1.807) is 13.8 Å². The molecule has 0 aliphatic rings. The molecule has 1 aromatic rings. The monoisotopic (exact) mass is 290 g/mol. The third-order valence-electron chi connectivity index (χ3n) is 3.31. The minimum Gasteiger partial charge on any atom is -0.395 e. The largest absolute Gasteiger partial charge is 0.395 e. The van der Waals surface area contributed by atoms with Crippen LogP contribution in [0.2, 0.25) is 0 Å². The molecule has 0 amide bonds. The van der Waals surface area contributed by atoms with Crippen LogP contribution in [0.15, 0.2) is 23.1 Å². The molecule has 0 atom stereocenters. The van der Waals surface area contributed by atoms with Crippen LogP contribution in [0, 0.1) is 5.82 Å². The molecule has 0 saturated heterocycles. The SMILES string of the molecule is CCC(CC)(CO)NS(=O)(=O)c1cccc(F)c1N. The first-order valence-electron chi connectivity index (χ1n) is 6.00. The maximum Gasteiger partial charge on any atom is 0.243 e. The summed E-state index contributed by atoms with van der Waals surface area (Å²) in [5, 5.41) is 9.38. The third-order valence-corrected chi connectivity index (χ3v) is 4.95. The summed E-state index contributed by atoms with van der Waals surface area (Å²) >= 11 is 0. The van der Waals surface area contributed by atoms with Crippen molar-refractivity contribution in [3.05, 3.63) is 24.0 Å². The second-order valence-corrected chi connectivity index (χ2v) is 6.05. The number of sulfonamides is 1. The molecule has 0 spiro atoms. The molecule has 0 aliphatic carbocycles. The van der Waals surface area contributed by atoms with Crippen molar-refractivity contribution in [2.24, 2.45) is 0 Å². The highest BCUT2D eigenvalue weighted by atomic mass is 32.2. The normalized spacial score (nSPS) is 12.6. The van der Waals surface area contributed by atoms with Gasteiger partial charge in [-0.3, -0.25) is 0 Å². The van der Waals surface area contributed by atoms with Crippen LogP contribution >= 0.6 is 0 Å². The Kier molecular flexibility index (Phi) is 4.89. The average Bonchev–Trinajstić information content (AvgIpc) is 2.39. The van der Waals surface area contributed by atoms with Crippen molar-refractivity contribution in [3.8, 4) is 0 Å². The van der Waals surface area contributed by atoms with E-state index in [4.69, 9.17) is 5.73 Å². The average molecular weight is 290 g/mol. The van der Waals surface area contributed by atoms with Crippen LogP contribution in [0.25, 0.3) is 0 Å². The van der Waals surface area contributed by atoms with Gasteiger partial charge in [0.15, 0.2) is 0 Å². The van der Waals surface area contributed by atoms with Gasteiger partial charge in [0.1, 0.15) is 10.7 Å². The quantitative estimate of drug-likeness (QED) is 0.687. The standard InChI is InChI=1S/C12H19FN2O3S/c1-3-12(4-2,8-16)15-19(17,18)10-7-5-6-9(13)11(10)14/h5-7,15-16H,3-4,8,14H2,1-2H3. The van der Waals surface area contributed by atoms with Crippen LogP contribution in [0.1, 0.15) is 26.7 Å². The molecular formula is C12H19FN2O3S. The zero-order valence-corrected chi connectivity index (χ0v) is 11.8. The van der Waals surface area contributed by atoms with E-state index < -0.39 is 27.1 Å². The highest BCUT2D eigenvalue weighted by Gasteiger charge is 2.32. The van der Waals surface area contributed by atoms with E-state index in [1.165, 1.54) is 12.1 Å². The minimum absolute atomic E-state index is 0.313. The van der Waals surface area contributed by atoms with Crippen LogP contribution in [0.3, 0.4) is 0 Å². The van der Waals surface area contributed by atoms with Gasteiger partial charge in [-0.1, -0.05) is 19.9 Å². The zero-order chi connectivity index (χ0) is 14.7. The predicted octanol–water partition coefficient (Wildman–Crippen LogP) is 1.24. The number of benzene rings is 1. The van der Waals surface area contributed by atoms with Crippen molar-refractivity contribution in [2.75, 3.05) is 12.3 Å². The lowest BCUT2D eigenvalue weighted by Crippen LogP contribution is -2.50. The molecule has 7 heteroatoms. The van der Waals surface area contributed by atoms with E-state index in [0.717, 1.165) is 6.07 Å². The molecular weight excluding hydrogens is 271 g/mol. The smallest absolute Gasteiger partial charge is 0.243 e. The predicted molar refractivity (Wildman–Crippen MR) is 71.5 cm³/mol. The maximum atomic E-state index is 13.3. The fraction of sp³-hybridized carbons (Fsp3) is 0.500. The van der Waals surface area contributed by atoms with Gasteiger partial charge in [-0.2, -0.15) is 0 Å². The first kappa shape index (κ1) is 15.9. The molecule has 4 N–H and O–H groups in total. The van der Waals surface area contributed by atoms with Crippen molar-refractivity contribution in [2.45, 2.75) is 37.1 Å². The van der Waals surface area contributed by atoms with Crippen LogP contribution < -0.4 is 10.5 Å². The Morgan fingerprint density at radius 3 is 2.42 bits per heavy atom. The van der Waals surface area contributed by atoms with Gasteiger partial charge in [-0.05, 0) is 25.0 Å². The number of nitrogen functional groups attached to an aromatic ring is 1. The first-order chi connectivity index (χ1) is 8.82. The van der Waals surface area contributed by atoms with Crippen molar-refractivity contribution in [1.82, 2.24) is 4.72 Å². The Labute approximate surface area is 112 Å². The Morgan fingerprint density at radius 2 is 1.95 bits per heavy atom. The molecule has 0 aliphatic heterocycles. The lowest BCUT2D eigenvalue weighted by Gasteiger charge is -2.30. The lowest BCUT2D eigenvalue weighted by atomic mass is 9.96. The molecule has 0 unspecified atom stereocenters. The third kappa shape index (κ3) is 3.23. The summed E-state index contributed by atoms with van der Waals surface area (Å²) < 4.78 is 40.2. The molecule has 1 rings (SSSR count). The molecule has 19 heavy (non-hydrogen) atoms. The van der Waals surface area contributed by atoms with Crippen LogP contribution in [-0.2, 0) is 10.0 Å².